The zero-order chi connectivity index (χ0) is 60.6. The van der Waals surface area contributed by atoms with Crippen molar-refractivity contribution in [2.75, 3.05) is 23.5 Å². The fraction of sp³-hybridized carbons (Fsp3) is 0.309. The number of hydrogen-bond acceptors (Lipinski definition) is 18. The molecule has 0 bridgehead atoms. The second kappa shape index (κ2) is 46.7. The van der Waals surface area contributed by atoms with Crippen LogP contribution in [0.2, 0.25) is 0 Å². The third-order valence-electron chi connectivity index (χ3n) is 11.8. The molecule has 2 aliphatic heterocycles. The van der Waals surface area contributed by atoms with Crippen LogP contribution in [-0.4, -0.2) is 78.5 Å². The van der Waals surface area contributed by atoms with Crippen LogP contribution in [0.4, 0.5) is 21.5 Å². The van der Waals surface area contributed by atoms with Crippen molar-refractivity contribution >= 4 is 83.2 Å². The van der Waals surface area contributed by atoms with Gasteiger partial charge in [0.1, 0.15) is 20.1 Å². The van der Waals surface area contributed by atoms with E-state index >= 15 is 0 Å². The molecular formula is C55H75B3BrCs2FIN4NaO15. The minimum absolute atomic E-state index is 0. The number of hydrogen-bond donors (Lipinski definition) is 7. The van der Waals surface area contributed by atoms with Gasteiger partial charge in [0.05, 0.1) is 30.9 Å². The van der Waals surface area contributed by atoms with E-state index in [0.717, 1.165) is 52.3 Å². The largest absolute Gasteiger partial charge is 1.00 e. The van der Waals surface area contributed by atoms with E-state index in [1.165, 1.54) is 11.1 Å². The number of alkyl halides is 2. The molecule has 2 fully saturated rings. The molecule has 83 heavy (non-hydrogen) atoms. The Morgan fingerprint density at radius 2 is 0.916 bits per heavy atom. The summed E-state index contributed by atoms with van der Waals surface area (Å²) in [6.07, 6.45) is 0. The first-order valence-electron chi connectivity index (χ1n) is 24.8. The summed E-state index contributed by atoms with van der Waals surface area (Å²) in [6.45, 7) is 19.0. The predicted molar refractivity (Wildman–Crippen MR) is 305 cm³/mol. The summed E-state index contributed by atoms with van der Waals surface area (Å²) in [5.41, 5.74) is 13.5. The van der Waals surface area contributed by atoms with Crippen molar-refractivity contribution in [2.45, 2.75) is 103 Å². The van der Waals surface area contributed by atoms with Crippen molar-refractivity contribution < 1.29 is 262 Å². The number of rotatable bonds is 11. The summed E-state index contributed by atoms with van der Waals surface area (Å²) in [4.78, 5) is 20.2. The van der Waals surface area contributed by atoms with Gasteiger partial charge in [0.25, 0.3) is 12.4 Å². The molecule has 2 heterocycles. The quantitative estimate of drug-likeness (QED) is 0.0120. The van der Waals surface area contributed by atoms with Crippen molar-refractivity contribution in [1.29, 1.82) is 0 Å². The first-order valence-corrected chi connectivity index (χ1v) is 28.8. The van der Waals surface area contributed by atoms with Crippen LogP contribution < -0.4 is 245 Å². The fourth-order valence-corrected chi connectivity index (χ4v) is 6.67. The average molecular weight is 1580 g/mol. The average Bonchev–Trinajstić information content (AvgIpc) is 2.02. The molecule has 0 atom stereocenters. The van der Waals surface area contributed by atoms with E-state index < -0.39 is 40.3 Å². The Morgan fingerprint density at radius 3 is 1.14 bits per heavy atom. The predicted octanol–water partition coefficient (Wildman–Crippen LogP) is -8.63. The number of nitrogens with two attached hydrogens (primary N) is 1. The van der Waals surface area contributed by atoms with Crippen LogP contribution in [-0.2, 0) is 51.5 Å². The van der Waals surface area contributed by atoms with Crippen molar-refractivity contribution in [3.63, 3.8) is 0 Å². The van der Waals surface area contributed by atoms with Gasteiger partial charge in [0.2, 0.25) is 0 Å². The van der Waals surface area contributed by atoms with Gasteiger partial charge in [0, 0.05) is 42.4 Å². The molecule has 6 aromatic rings. The van der Waals surface area contributed by atoms with Gasteiger partial charge < -0.3 is 67.9 Å². The zero-order valence-electron chi connectivity index (χ0n) is 51.4. The maximum absolute atomic E-state index is 9.96. The van der Waals surface area contributed by atoms with Gasteiger partial charge in [-0.25, -0.2) is 0 Å². The number of carboxylic acids is 1. The second-order valence-electron chi connectivity index (χ2n) is 18.8. The van der Waals surface area contributed by atoms with Crippen LogP contribution in [0.15, 0.2) is 164 Å². The molecule has 0 spiro atoms. The van der Waals surface area contributed by atoms with Gasteiger partial charge in [-0.15, -0.1) is 0 Å². The minimum atomic E-state index is -5.94. The molecule has 19 nitrogen and oxygen atoms in total. The van der Waals surface area contributed by atoms with Gasteiger partial charge in [-0.1, -0.05) is 143 Å². The molecule has 8 rings (SSSR count). The Kier molecular flexibility index (Phi) is 48.8. The number of aliphatic carboxylic acids is 1. The summed E-state index contributed by atoms with van der Waals surface area (Å²) in [5, 5.41) is 41.3. The van der Waals surface area contributed by atoms with Gasteiger partial charge in [0.15, 0.2) is 0 Å². The molecule has 438 valence electrons. The number of nitrogen functional groups attached to an aromatic ring is 1. The Hall–Kier alpha value is -0.381. The summed E-state index contributed by atoms with van der Waals surface area (Å²) in [5.74, 6) is -0.833. The van der Waals surface area contributed by atoms with Gasteiger partial charge in [-0.2, -0.15) is 0 Å². The van der Waals surface area contributed by atoms with Crippen LogP contribution >= 0.6 is 15.9 Å². The summed E-state index contributed by atoms with van der Waals surface area (Å²) < 4.78 is 74.1. The Morgan fingerprint density at radius 1 is 0.663 bits per heavy atom. The van der Waals surface area contributed by atoms with Crippen molar-refractivity contribution in [3.8, 4) is 0 Å². The standard InChI is InChI=1S/C19H24BNO2.C13H18BBrO2.C13H14BNO2.C6H7N.C2H4O2.CH3F.CH2O3.2Cs.IO4.H3N.Na.H/c1-18(2)19(3,4)23-20(22-18)16-12-10-15(11-13-16)14-21-17-8-6-5-7-9-17;1-12(2)13(3,4)17-14(16-12)11-7-5-10(9-15)6-8-11;16-14(17)12-8-6-11(7-9-12)10-15-13-4-2-1-3-5-13;7-6-4-2-1-3-5-6;1-2(3)4;1-2;2-1-4-3;;;2-1(3,4)5;;;/h5-13,21H,14H2,1-4H3;5-8H,9H2,1-4H3;1-9,15-17H,10H2;1-5H,7H2;1H3,(H,3,4);1H3;1,3H;;;;1H3;;/q;;;;;;;2*+1;-1;;+1;-1/p-1/i;;;;;1D;;;;;;;. The van der Waals surface area contributed by atoms with Crippen LogP contribution in [0.3, 0.4) is 0 Å². The number of halogens is 3. The third-order valence-corrected chi connectivity index (χ3v) is 12.5. The topological polar surface area (TPSA) is 341 Å². The van der Waals surface area contributed by atoms with Crippen LogP contribution in [0.25, 0.3) is 0 Å². The first-order chi connectivity index (χ1) is 37.4. The Bertz CT molecular complexity index is 2600. The van der Waals surface area contributed by atoms with E-state index in [4.69, 9.17) is 69.5 Å². The van der Waals surface area contributed by atoms with E-state index in [-0.39, 0.29) is 218 Å². The molecule has 0 unspecified atom stereocenters. The van der Waals surface area contributed by atoms with Crippen LogP contribution in [0, 0.1) is 0 Å². The van der Waals surface area contributed by atoms with Crippen LogP contribution in [0.1, 0.15) is 81.8 Å². The van der Waals surface area contributed by atoms with E-state index in [9.17, 15) is 4.39 Å². The number of carbonyl (C=O) groups is 2. The van der Waals surface area contributed by atoms with Gasteiger partial charge in [-0.05, 0) is 125 Å². The molecule has 0 amide bonds. The number of nitrogens with one attached hydrogen (secondary N) is 2. The molecule has 0 radical (unpaired) electrons. The van der Waals surface area contributed by atoms with Gasteiger partial charge >= 0.3 is 189 Å². The van der Waals surface area contributed by atoms with E-state index in [0.29, 0.717) is 12.0 Å². The molecule has 2 saturated heterocycles. The second-order valence-corrected chi connectivity index (χ2v) is 21.6. The van der Waals surface area contributed by atoms with Crippen molar-refractivity contribution in [2.24, 2.45) is 0 Å². The molecule has 0 saturated carbocycles. The fourth-order valence-electron chi connectivity index (χ4n) is 6.30. The molecule has 6 aromatic carbocycles. The summed E-state index contributed by atoms with van der Waals surface area (Å²) in [6, 6.07) is 53.6. The van der Waals surface area contributed by atoms with Crippen LogP contribution in [0.5, 0.6) is 0 Å². The third kappa shape index (κ3) is 38.0. The van der Waals surface area contributed by atoms with Gasteiger partial charge in [-0.3, -0.25) is 27.7 Å². The van der Waals surface area contributed by atoms with E-state index in [1.807, 2.05) is 91.0 Å². The molecule has 28 heteroatoms. The number of carbonyl (C=O) groups excluding carboxylic acids is 1. The monoisotopic (exact) mass is 1580 g/mol. The van der Waals surface area contributed by atoms with Crippen molar-refractivity contribution in [3.05, 3.63) is 180 Å². The molecule has 0 aromatic heterocycles. The zero-order valence-corrected chi connectivity index (χ0v) is 67.7. The summed E-state index contributed by atoms with van der Waals surface area (Å²) in [7, 11) is -2.95. The summed E-state index contributed by atoms with van der Waals surface area (Å²) >= 11 is -2.50. The minimum Gasteiger partial charge on any atom is -1.00 e. The number of para-hydroxylation sites is 3. The molecule has 0 aliphatic carbocycles. The Balaban J connectivity index is -0.000000312. The number of benzene rings is 6. The number of anilines is 3. The normalized spacial score (nSPS) is 14.0. The number of carboxylic acid groups (broad SMARTS) is 1. The molecule has 10 N–H and O–H groups in total. The van der Waals surface area contributed by atoms with E-state index in [1.54, 1.807) is 12.1 Å². The van der Waals surface area contributed by atoms with E-state index in [2.05, 4.69) is 148 Å². The molecule has 2 aliphatic rings. The Labute approximate surface area is 647 Å². The molecular weight excluding hydrogens is 1500 g/mol. The first kappa shape index (κ1) is 86.8. The van der Waals surface area contributed by atoms with Crippen molar-refractivity contribution in [1.82, 2.24) is 6.15 Å². The maximum atomic E-state index is 9.96. The smallest absolute Gasteiger partial charge is 1.00 e. The maximum Gasteiger partial charge on any atom is 1.00 e. The SMILES string of the molecule is CC(=O)O.CC1(C)OB(c2ccc(CBr)cc2)OC1(C)C.CC1(C)OB(c2ccc(CNc3ccccc3)cc2)OC1(C)C.N.Nc1ccccc1.O=CO[O-].OB(O)c1ccc(CNc2ccccc2)cc1.[2H]CF.[Cs+].[Cs+].[H-].[Na+].[O-][I+3]([O-])([O-])[O-].